The van der Waals surface area contributed by atoms with Gasteiger partial charge in [0.25, 0.3) is 0 Å². The Morgan fingerprint density at radius 2 is 2.00 bits per heavy atom. The van der Waals surface area contributed by atoms with Crippen LogP contribution < -0.4 is 5.73 Å². The maximum Gasteiger partial charge on any atom is 0.309 e. The number of rotatable bonds is 5. The van der Waals surface area contributed by atoms with Crippen LogP contribution in [0.5, 0.6) is 0 Å². The van der Waals surface area contributed by atoms with Gasteiger partial charge < -0.3 is 10.5 Å². The molecule has 1 aliphatic heterocycles. The maximum atomic E-state index is 11.9. The summed E-state index contributed by atoms with van der Waals surface area (Å²) in [6.07, 6.45) is 10.1. The minimum atomic E-state index is -0.108. The summed E-state index contributed by atoms with van der Waals surface area (Å²) in [5, 5.41) is 0. The number of esters is 1. The topological polar surface area (TPSA) is 52.3 Å². The summed E-state index contributed by atoms with van der Waals surface area (Å²) in [7, 11) is 0. The van der Waals surface area contributed by atoms with E-state index in [1.165, 1.54) is 19.3 Å². The highest BCUT2D eigenvalue weighted by molar-refractivity contribution is 5.85. The molecule has 1 heterocycles. The summed E-state index contributed by atoms with van der Waals surface area (Å²) < 4.78 is 5.63. The molecule has 2 N–H and O–H groups in total. The van der Waals surface area contributed by atoms with Gasteiger partial charge in [0.2, 0.25) is 0 Å². The number of carbonyl (C=O) groups is 1. The van der Waals surface area contributed by atoms with Crippen LogP contribution in [0.3, 0.4) is 0 Å². The quantitative estimate of drug-likeness (QED) is 0.785. The van der Waals surface area contributed by atoms with Crippen molar-refractivity contribution in [1.82, 2.24) is 0 Å². The Morgan fingerprint density at radius 3 is 2.60 bits per heavy atom. The first-order valence-electron chi connectivity index (χ1n) is 8.06. The number of halogens is 1. The molecular formula is C16H30ClNO2. The van der Waals surface area contributed by atoms with Gasteiger partial charge in [0.15, 0.2) is 0 Å². The second kappa shape index (κ2) is 7.65. The van der Waals surface area contributed by atoms with Gasteiger partial charge in [0.1, 0.15) is 6.10 Å². The Morgan fingerprint density at radius 1 is 1.35 bits per heavy atom. The summed E-state index contributed by atoms with van der Waals surface area (Å²) >= 11 is 0. The zero-order valence-corrected chi connectivity index (χ0v) is 13.7. The van der Waals surface area contributed by atoms with Crippen LogP contribution in [0.2, 0.25) is 0 Å². The molecule has 0 bridgehead atoms. The number of hydrogen-bond acceptors (Lipinski definition) is 3. The van der Waals surface area contributed by atoms with Gasteiger partial charge in [-0.15, -0.1) is 12.4 Å². The molecule has 0 aromatic heterocycles. The van der Waals surface area contributed by atoms with Gasteiger partial charge in [0, 0.05) is 11.5 Å². The van der Waals surface area contributed by atoms with Crippen molar-refractivity contribution >= 4 is 18.4 Å². The van der Waals surface area contributed by atoms with Crippen molar-refractivity contribution in [2.45, 2.75) is 83.3 Å². The van der Waals surface area contributed by atoms with Crippen LogP contribution in [0.4, 0.5) is 0 Å². The van der Waals surface area contributed by atoms with E-state index in [1.807, 2.05) is 0 Å². The van der Waals surface area contributed by atoms with Gasteiger partial charge in [-0.25, -0.2) is 0 Å². The molecule has 1 saturated carbocycles. The molecule has 118 valence electrons. The Labute approximate surface area is 129 Å². The van der Waals surface area contributed by atoms with E-state index < -0.39 is 0 Å². The highest BCUT2D eigenvalue weighted by atomic mass is 35.5. The molecule has 0 aromatic carbocycles. The second-order valence-electron chi connectivity index (χ2n) is 6.63. The summed E-state index contributed by atoms with van der Waals surface area (Å²) in [5.41, 5.74) is 6.47. The van der Waals surface area contributed by atoms with Crippen LogP contribution in [0.1, 0.15) is 71.6 Å². The third kappa shape index (κ3) is 3.88. The molecule has 3 nitrogen and oxygen atoms in total. The number of carbonyl (C=O) groups excluding carboxylic acids is 1. The fourth-order valence-electron chi connectivity index (χ4n) is 3.70. The Hall–Kier alpha value is -0.280. The molecule has 0 aromatic rings. The lowest BCUT2D eigenvalue weighted by molar-refractivity contribution is -0.146. The van der Waals surface area contributed by atoms with Crippen molar-refractivity contribution in [1.29, 1.82) is 0 Å². The minimum Gasteiger partial charge on any atom is -0.462 e. The van der Waals surface area contributed by atoms with Gasteiger partial charge in [0.05, 0.1) is 5.92 Å². The lowest BCUT2D eigenvalue weighted by Crippen LogP contribution is -2.51. The molecule has 3 atom stereocenters. The van der Waals surface area contributed by atoms with E-state index >= 15 is 0 Å². The molecule has 1 saturated heterocycles. The highest BCUT2D eigenvalue weighted by Crippen LogP contribution is 2.39. The first-order chi connectivity index (χ1) is 9.07. The van der Waals surface area contributed by atoms with E-state index in [2.05, 4.69) is 13.8 Å². The predicted octanol–water partition coefficient (Wildman–Crippen LogP) is 3.83. The maximum absolute atomic E-state index is 11.9. The summed E-state index contributed by atoms with van der Waals surface area (Å²) in [4.78, 5) is 11.9. The molecule has 20 heavy (non-hydrogen) atoms. The standard InChI is InChI=1S/C16H29NO2.ClH/c1-3-4-8-13-11-14(19-15(13)18)12(2)16(17)9-6-5-7-10-16;/h12-14H,3-11,17H2,1-2H3;1H. The van der Waals surface area contributed by atoms with Crippen LogP contribution in [0.25, 0.3) is 0 Å². The van der Waals surface area contributed by atoms with E-state index in [4.69, 9.17) is 10.5 Å². The fraction of sp³-hybridized carbons (Fsp3) is 0.938. The zero-order valence-electron chi connectivity index (χ0n) is 12.9. The van der Waals surface area contributed by atoms with E-state index in [0.29, 0.717) is 5.92 Å². The van der Waals surface area contributed by atoms with Crippen molar-refractivity contribution in [3.8, 4) is 0 Å². The van der Waals surface area contributed by atoms with Gasteiger partial charge in [-0.05, 0) is 25.7 Å². The van der Waals surface area contributed by atoms with Crippen molar-refractivity contribution in [2.24, 2.45) is 17.6 Å². The molecule has 1 aliphatic carbocycles. The molecule has 4 heteroatoms. The van der Waals surface area contributed by atoms with Crippen molar-refractivity contribution < 1.29 is 9.53 Å². The van der Waals surface area contributed by atoms with Crippen LogP contribution >= 0.6 is 12.4 Å². The third-order valence-electron chi connectivity index (χ3n) is 5.27. The van der Waals surface area contributed by atoms with Gasteiger partial charge in [-0.3, -0.25) is 4.79 Å². The average molecular weight is 304 g/mol. The van der Waals surface area contributed by atoms with Crippen molar-refractivity contribution in [3.63, 3.8) is 0 Å². The molecule has 2 fully saturated rings. The molecule has 3 unspecified atom stereocenters. The van der Waals surface area contributed by atoms with Crippen LogP contribution in [0, 0.1) is 11.8 Å². The predicted molar refractivity (Wildman–Crippen MR) is 83.9 cm³/mol. The molecule has 2 rings (SSSR count). The Balaban J connectivity index is 0.00000200. The lowest BCUT2D eigenvalue weighted by Gasteiger charge is -2.40. The van der Waals surface area contributed by atoms with E-state index in [-0.39, 0.29) is 35.9 Å². The minimum absolute atomic E-state index is 0. The van der Waals surface area contributed by atoms with E-state index in [9.17, 15) is 4.79 Å². The first-order valence-corrected chi connectivity index (χ1v) is 8.06. The normalized spacial score (nSPS) is 30.4. The van der Waals surface area contributed by atoms with Gasteiger partial charge >= 0.3 is 5.97 Å². The Kier molecular flexibility index (Phi) is 6.80. The molecular weight excluding hydrogens is 274 g/mol. The fourth-order valence-corrected chi connectivity index (χ4v) is 3.70. The molecule has 2 aliphatic rings. The summed E-state index contributed by atoms with van der Waals surface area (Å²) in [6, 6.07) is 0. The summed E-state index contributed by atoms with van der Waals surface area (Å²) in [5.74, 6) is 0.438. The number of ether oxygens (including phenoxy) is 1. The molecule has 0 spiro atoms. The zero-order chi connectivity index (χ0) is 13.9. The van der Waals surface area contributed by atoms with Crippen molar-refractivity contribution in [2.75, 3.05) is 0 Å². The molecule has 0 radical (unpaired) electrons. The summed E-state index contributed by atoms with van der Waals surface area (Å²) in [6.45, 7) is 4.35. The second-order valence-corrected chi connectivity index (χ2v) is 6.63. The van der Waals surface area contributed by atoms with E-state index in [0.717, 1.165) is 38.5 Å². The van der Waals surface area contributed by atoms with E-state index in [1.54, 1.807) is 0 Å². The molecule has 0 amide bonds. The number of hydrogen-bond donors (Lipinski definition) is 1. The first kappa shape index (κ1) is 17.8. The van der Waals surface area contributed by atoms with Gasteiger partial charge in [-0.2, -0.15) is 0 Å². The smallest absolute Gasteiger partial charge is 0.309 e. The Bertz CT molecular complexity index is 316. The number of cyclic esters (lactones) is 1. The number of nitrogens with two attached hydrogens (primary N) is 1. The van der Waals surface area contributed by atoms with Crippen LogP contribution in [-0.4, -0.2) is 17.6 Å². The highest BCUT2D eigenvalue weighted by Gasteiger charge is 2.44. The van der Waals surface area contributed by atoms with Crippen LogP contribution in [0.15, 0.2) is 0 Å². The van der Waals surface area contributed by atoms with Crippen molar-refractivity contribution in [3.05, 3.63) is 0 Å². The largest absolute Gasteiger partial charge is 0.462 e. The monoisotopic (exact) mass is 303 g/mol. The third-order valence-corrected chi connectivity index (χ3v) is 5.27. The lowest BCUT2D eigenvalue weighted by atomic mass is 9.71. The average Bonchev–Trinajstić information content (AvgIpc) is 2.77. The SMILES string of the molecule is CCCCC1CC(C(C)C2(N)CCCCC2)OC1=O.Cl. The van der Waals surface area contributed by atoms with Gasteiger partial charge in [-0.1, -0.05) is 46.0 Å². The van der Waals surface area contributed by atoms with Crippen LogP contribution in [-0.2, 0) is 9.53 Å². The number of unbranched alkanes of at least 4 members (excludes halogenated alkanes) is 1.